The monoisotopic (exact) mass is 240 g/mol. The lowest BCUT2D eigenvalue weighted by atomic mass is 10.2. The van der Waals surface area contributed by atoms with Gasteiger partial charge in [-0.1, -0.05) is 11.6 Å². The molecule has 84 valence electrons. The Hall–Kier alpha value is -1.68. The first kappa shape index (κ1) is 10.8. The van der Waals surface area contributed by atoms with Crippen LogP contribution in [0.25, 0.3) is 11.0 Å². The standard InChI is InChI=1S/C11H9ClO4/c1-14-6-3-7(15-2)10-8(4-6)16-9(5-13)11(10)12/h3-5H,1-2H3. The molecule has 0 radical (unpaired) electrons. The highest BCUT2D eigenvalue weighted by Gasteiger charge is 2.17. The van der Waals surface area contributed by atoms with Crippen LogP contribution in [0.3, 0.4) is 0 Å². The van der Waals surface area contributed by atoms with E-state index in [4.69, 9.17) is 25.5 Å². The lowest BCUT2D eigenvalue weighted by Crippen LogP contribution is -1.87. The summed E-state index contributed by atoms with van der Waals surface area (Å²) in [5.74, 6) is 1.17. The van der Waals surface area contributed by atoms with Crippen molar-refractivity contribution in [2.75, 3.05) is 14.2 Å². The fourth-order valence-electron chi connectivity index (χ4n) is 1.50. The maximum atomic E-state index is 10.7. The van der Waals surface area contributed by atoms with Crippen LogP contribution >= 0.6 is 11.6 Å². The summed E-state index contributed by atoms with van der Waals surface area (Å²) in [6, 6.07) is 3.33. The van der Waals surface area contributed by atoms with E-state index < -0.39 is 0 Å². The van der Waals surface area contributed by atoms with Crippen molar-refractivity contribution in [1.82, 2.24) is 0 Å². The number of hydrogen-bond acceptors (Lipinski definition) is 4. The lowest BCUT2D eigenvalue weighted by molar-refractivity contribution is 0.110. The zero-order valence-electron chi connectivity index (χ0n) is 8.74. The third kappa shape index (κ3) is 1.51. The third-order valence-electron chi connectivity index (χ3n) is 2.26. The number of carbonyl (C=O) groups is 1. The molecule has 0 aliphatic heterocycles. The zero-order chi connectivity index (χ0) is 11.7. The van der Waals surface area contributed by atoms with Crippen molar-refractivity contribution in [2.45, 2.75) is 0 Å². The SMILES string of the molecule is COc1cc(OC)c2c(Cl)c(C=O)oc2c1. The van der Waals surface area contributed by atoms with Gasteiger partial charge in [-0.15, -0.1) is 0 Å². The summed E-state index contributed by atoms with van der Waals surface area (Å²) in [6.45, 7) is 0. The molecule has 0 amide bonds. The Morgan fingerprint density at radius 3 is 2.62 bits per heavy atom. The van der Waals surface area contributed by atoms with Crippen molar-refractivity contribution in [1.29, 1.82) is 0 Å². The molecule has 5 heteroatoms. The Kier molecular flexibility index (Phi) is 2.75. The largest absolute Gasteiger partial charge is 0.496 e. The van der Waals surface area contributed by atoms with Crippen molar-refractivity contribution in [3.8, 4) is 11.5 Å². The lowest BCUT2D eigenvalue weighted by Gasteiger charge is -2.04. The van der Waals surface area contributed by atoms with E-state index in [1.807, 2.05) is 0 Å². The van der Waals surface area contributed by atoms with Gasteiger partial charge < -0.3 is 13.9 Å². The van der Waals surface area contributed by atoms with E-state index in [9.17, 15) is 4.79 Å². The van der Waals surface area contributed by atoms with E-state index in [0.717, 1.165) is 0 Å². The van der Waals surface area contributed by atoms with Crippen molar-refractivity contribution in [3.05, 3.63) is 22.9 Å². The molecule has 0 aliphatic carbocycles. The molecule has 0 spiro atoms. The summed E-state index contributed by atoms with van der Waals surface area (Å²) in [5, 5.41) is 0.830. The molecular formula is C11H9ClO4. The number of benzene rings is 1. The molecule has 1 aromatic heterocycles. The van der Waals surface area contributed by atoms with Gasteiger partial charge in [0.2, 0.25) is 0 Å². The van der Waals surface area contributed by atoms with Crippen LogP contribution in [0.5, 0.6) is 11.5 Å². The maximum absolute atomic E-state index is 10.7. The smallest absolute Gasteiger partial charge is 0.186 e. The van der Waals surface area contributed by atoms with Crippen LogP contribution in [0.2, 0.25) is 5.02 Å². The van der Waals surface area contributed by atoms with Gasteiger partial charge in [-0.3, -0.25) is 4.79 Å². The van der Waals surface area contributed by atoms with Crippen LogP contribution in [0.4, 0.5) is 0 Å². The van der Waals surface area contributed by atoms with Crippen LogP contribution in [-0.4, -0.2) is 20.5 Å². The Morgan fingerprint density at radius 2 is 2.06 bits per heavy atom. The van der Waals surface area contributed by atoms with Gasteiger partial charge in [0.1, 0.15) is 22.1 Å². The summed E-state index contributed by atoms with van der Waals surface area (Å²) in [7, 11) is 3.05. The van der Waals surface area contributed by atoms with Crippen molar-refractivity contribution in [2.24, 2.45) is 0 Å². The summed E-state index contributed by atoms with van der Waals surface area (Å²) in [4.78, 5) is 10.7. The minimum Gasteiger partial charge on any atom is -0.496 e. The van der Waals surface area contributed by atoms with E-state index in [0.29, 0.717) is 28.8 Å². The summed E-state index contributed by atoms with van der Waals surface area (Å²) in [6.07, 6.45) is 0.564. The van der Waals surface area contributed by atoms with Crippen LogP contribution in [-0.2, 0) is 0 Å². The third-order valence-corrected chi connectivity index (χ3v) is 2.63. The number of methoxy groups -OCH3 is 2. The maximum Gasteiger partial charge on any atom is 0.186 e. The summed E-state index contributed by atoms with van der Waals surface area (Å²) < 4.78 is 15.5. The van der Waals surface area contributed by atoms with Gasteiger partial charge >= 0.3 is 0 Å². The van der Waals surface area contributed by atoms with Crippen molar-refractivity contribution in [3.63, 3.8) is 0 Å². The summed E-state index contributed by atoms with van der Waals surface area (Å²) >= 11 is 5.99. The minimum atomic E-state index is 0.0863. The Morgan fingerprint density at radius 1 is 1.31 bits per heavy atom. The first-order valence-corrected chi connectivity index (χ1v) is 4.88. The minimum absolute atomic E-state index is 0.0863. The zero-order valence-corrected chi connectivity index (χ0v) is 9.50. The number of ether oxygens (including phenoxy) is 2. The van der Waals surface area contributed by atoms with Gasteiger partial charge in [-0.25, -0.2) is 0 Å². The van der Waals surface area contributed by atoms with Crippen molar-refractivity contribution < 1.29 is 18.7 Å². The van der Waals surface area contributed by atoms with E-state index >= 15 is 0 Å². The van der Waals surface area contributed by atoms with Gasteiger partial charge in [0.15, 0.2) is 12.0 Å². The van der Waals surface area contributed by atoms with Gasteiger partial charge in [-0.05, 0) is 0 Å². The molecule has 16 heavy (non-hydrogen) atoms. The fourth-order valence-corrected chi connectivity index (χ4v) is 1.77. The Bertz CT molecular complexity index is 544. The second-order valence-electron chi connectivity index (χ2n) is 3.10. The molecule has 0 unspecified atom stereocenters. The predicted molar refractivity (Wildman–Crippen MR) is 59.7 cm³/mol. The molecule has 0 saturated heterocycles. The topological polar surface area (TPSA) is 48.7 Å². The number of aldehydes is 1. The van der Waals surface area contributed by atoms with Crippen molar-refractivity contribution >= 4 is 28.9 Å². The number of fused-ring (bicyclic) bond motifs is 1. The number of furan rings is 1. The average molecular weight is 241 g/mol. The highest BCUT2D eigenvalue weighted by Crippen LogP contribution is 2.39. The van der Waals surface area contributed by atoms with E-state index in [2.05, 4.69) is 0 Å². The van der Waals surface area contributed by atoms with Crippen LogP contribution in [0.1, 0.15) is 10.6 Å². The first-order valence-electron chi connectivity index (χ1n) is 4.50. The molecule has 0 bridgehead atoms. The number of hydrogen-bond donors (Lipinski definition) is 0. The molecule has 0 aliphatic rings. The molecule has 0 N–H and O–H groups in total. The average Bonchev–Trinajstić information content (AvgIpc) is 2.65. The van der Waals surface area contributed by atoms with E-state index in [-0.39, 0.29) is 10.8 Å². The van der Waals surface area contributed by atoms with Gasteiger partial charge in [-0.2, -0.15) is 0 Å². The molecule has 1 heterocycles. The van der Waals surface area contributed by atoms with Crippen LogP contribution in [0, 0.1) is 0 Å². The Labute approximate surface area is 96.7 Å². The molecule has 0 saturated carbocycles. The number of carbonyl (C=O) groups excluding carboxylic acids is 1. The first-order chi connectivity index (χ1) is 7.71. The van der Waals surface area contributed by atoms with Gasteiger partial charge in [0.25, 0.3) is 0 Å². The molecule has 0 fully saturated rings. The number of halogens is 1. The quantitative estimate of drug-likeness (QED) is 0.774. The summed E-state index contributed by atoms with van der Waals surface area (Å²) in [5.41, 5.74) is 0.461. The molecule has 2 aromatic rings. The van der Waals surface area contributed by atoms with E-state index in [1.54, 1.807) is 12.1 Å². The van der Waals surface area contributed by atoms with E-state index in [1.165, 1.54) is 14.2 Å². The van der Waals surface area contributed by atoms with Crippen LogP contribution in [0.15, 0.2) is 16.5 Å². The molecular weight excluding hydrogens is 232 g/mol. The number of rotatable bonds is 3. The molecule has 4 nitrogen and oxygen atoms in total. The highest BCUT2D eigenvalue weighted by molar-refractivity contribution is 6.38. The fraction of sp³-hybridized carbons (Fsp3) is 0.182. The second kappa shape index (κ2) is 4.06. The molecule has 0 atom stereocenters. The molecule has 1 aromatic carbocycles. The molecule has 2 rings (SSSR count). The highest BCUT2D eigenvalue weighted by atomic mass is 35.5. The van der Waals surface area contributed by atoms with Gasteiger partial charge in [0.05, 0.1) is 19.6 Å². The van der Waals surface area contributed by atoms with Crippen LogP contribution < -0.4 is 9.47 Å². The predicted octanol–water partition coefficient (Wildman–Crippen LogP) is 2.92. The van der Waals surface area contributed by atoms with Gasteiger partial charge in [0, 0.05) is 12.1 Å². The second-order valence-corrected chi connectivity index (χ2v) is 3.48. The Balaban J connectivity index is 2.81. The normalized spacial score (nSPS) is 10.4.